The van der Waals surface area contributed by atoms with Crippen LogP contribution in [0.15, 0.2) is 24.3 Å². The van der Waals surface area contributed by atoms with E-state index in [1.165, 1.54) is 0 Å². The second kappa shape index (κ2) is 17.5. The van der Waals surface area contributed by atoms with Crippen molar-refractivity contribution in [3.05, 3.63) is 29.8 Å². The van der Waals surface area contributed by atoms with Crippen molar-refractivity contribution < 1.29 is 33.0 Å². The number of unbranched alkanes of at least 4 members (excludes halogenated alkanes) is 4. The van der Waals surface area contributed by atoms with Gasteiger partial charge >= 0.3 is 7.12 Å². The van der Waals surface area contributed by atoms with E-state index >= 15 is 0 Å². The van der Waals surface area contributed by atoms with E-state index in [2.05, 4.69) is 79.7 Å². The summed E-state index contributed by atoms with van der Waals surface area (Å²) >= 11 is 0. The molecule has 2 aliphatic heterocycles. The van der Waals surface area contributed by atoms with Crippen LogP contribution in [-0.4, -0.2) is 75.8 Å². The molecule has 42 heavy (non-hydrogen) atoms. The molecule has 2 aliphatic rings. The summed E-state index contributed by atoms with van der Waals surface area (Å²) in [7, 11) is -0.408. The monoisotopic (exact) mass is 590 g/mol. The molecule has 0 bridgehead atoms. The summed E-state index contributed by atoms with van der Waals surface area (Å²) in [6.07, 6.45) is 6.90. The Bertz CT molecular complexity index is 861. The number of hydrogen-bond acceptors (Lipinski definition) is 7. The largest absolute Gasteiger partial charge is 0.494 e. The molecule has 2 saturated heterocycles. The Morgan fingerprint density at radius 2 is 1.12 bits per heavy atom. The first-order chi connectivity index (χ1) is 20.2. The number of ether oxygens (including phenoxy) is 5. The molecule has 0 radical (unpaired) electrons. The average Bonchev–Trinajstić information content (AvgIpc) is 3.19. The van der Waals surface area contributed by atoms with E-state index in [0.717, 1.165) is 62.4 Å². The smallest absolute Gasteiger partial charge is 0.399 e. The Balaban J connectivity index is 1.91. The Hall–Kier alpha value is -0.995. The number of hydrogen-bond donors (Lipinski definition) is 0. The lowest BCUT2D eigenvalue weighted by Crippen LogP contribution is -2.58. The molecule has 240 valence electrons. The van der Waals surface area contributed by atoms with E-state index < -0.39 is 7.12 Å². The molecule has 0 spiro atoms. The zero-order chi connectivity index (χ0) is 30.6. The van der Waals surface area contributed by atoms with Gasteiger partial charge in [-0.25, -0.2) is 0 Å². The summed E-state index contributed by atoms with van der Waals surface area (Å²) in [5.74, 6) is 0. The zero-order valence-electron chi connectivity index (χ0n) is 27.8. The molecule has 2 fully saturated rings. The van der Waals surface area contributed by atoms with Gasteiger partial charge in [-0.2, -0.15) is 0 Å². The van der Waals surface area contributed by atoms with Crippen molar-refractivity contribution in [2.24, 2.45) is 0 Å². The first kappa shape index (κ1) is 35.5. The van der Waals surface area contributed by atoms with Gasteiger partial charge in [0.05, 0.1) is 17.8 Å². The van der Waals surface area contributed by atoms with Gasteiger partial charge in [0.15, 0.2) is 0 Å². The highest BCUT2D eigenvalue weighted by Crippen LogP contribution is 2.39. The molecule has 0 saturated carbocycles. The first-order valence-corrected chi connectivity index (χ1v) is 16.7. The van der Waals surface area contributed by atoms with Crippen LogP contribution < -0.4 is 5.46 Å². The minimum atomic E-state index is -0.408. The molecule has 7 nitrogen and oxygen atoms in total. The molecule has 0 amide bonds. The van der Waals surface area contributed by atoms with Gasteiger partial charge in [-0.05, 0) is 64.4 Å². The van der Waals surface area contributed by atoms with Crippen molar-refractivity contribution in [3.8, 4) is 0 Å². The first-order valence-electron chi connectivity index (χ1n) is 16.7. The normalized spacial score (nSPS) is 27.0. The molecule has 8 heteroatoms. The van der Waals surface area contributed by atoms with Crippen molar-refractivity contribution >= 4 is 12.6 Å². The van der Waals surface area contributed by atoms with Crippen LogP contribution >= 0.6 is 0 Å². The highest BCUT2D eigenvalue weighted by molar-refractivity contribution is 6.62. The Morgan fingerprint density at radius 3 is 1.64 bits per heavy atom. The highest BCUT2D eigenvalue weighted by Gasteiger charge is 2.52. The van der Waals surface area contributed by atoms with E-state index in [1.54, 1.807) is 0 Å². The summed E-state index contributed by atoms with van der Waals surface area (Å²) in [6, 6.07) is 8.43. The van der Waals surface area contributed by atoms with Gasteiger partial charge in [-0.1, -0.05) is 77.6 Å². The highest BCUT2D eigenvalue weighted by atomic mass is 16.7. The van der Waals surface area contributed by atoms with Crippen LogP contribution in [0.4, 0.5) is 0 Å². The average molecular weight is 591 g/mol. The fourth-order valence-electron chi connectivity index (χ4n) is 5.25. The second-order valence-electron chi connectivity index (χ2n) is 12.8. The van der Waals surface area contributed by atoms with Gasteiger partial charge in [0, 0.05) is 26.4 Å². The van der Waals surface area contributed by atoms with Gasteiger partial charge < -0.3 is 33.0 Å². The minimum absolute atomic E-state index is 0.258. The van der Waals surface area contributed by atoms with Crippen LogP contribution in [0.1, 0.15) is 118 Å². The fraction of sp³-hybridized carbons (Fsp3) is 0.824. The maximum Gasteiger partial charge on any atom is 0.494 e. The molecule has 0 aliphatic carbocycles. The van der Waals surface area contributed by atoms with Crippen molar-refractivity contribution in [2.45, 2.75) is 148 Å². The van der Waals surface area contributed by atoms with Crippen molar-refractivity contribution in [2.75, 3.05) is 33.0 Å². The predicted molar refractivity (Wildman–Crippen MR) is 169 cm³/mol. The molecular weight excluding hydrogens is 531 g/mol. The molecular formula is C34H59BO7. The quantitative estimate of drug-likeness (QED) is 0.130. The Kier molecular flexibility index (Phi) is 14.8. The molecule has 5 atom stereocenters. The van der Waals surface area contributed by atoms with Gasteiger partial charge in [-0.3, -0.25) is 0 Å². The van der Waals surface area contributed by atoms with E-state index in [-0.39, 0.29) is 41.7 Å². The van der Waals surface area contributed by atoms with Gasteiger partial charge in [0.2, 0.25) is 0 Å². The topological polar surface area (TPSA) is 64.6 Å². The molecule has 2 heterocycles. The maximum absolute atomic E-state index is 6.89. The van der Waals surface area contributed by atoms with Crippen LogP contribution in [0.2, 0.25) is 0 Å². The zero-order valence-corrected chi connectivity index (χ0v) is 27.8. The molecule has 0 N–H and O–H groups in total. The summed E-state index contributed by atoms with van der Waals surface area (Å²) in [5, 5.41) is 0. The van der Waals surface area contributed by atoms with Crippen molar-refractivity contribution in [1.82, 2.24) is 0 Å². The molecule has 1 aromatic rings. The van der Waals surface area contributed by atoms with E-state index in [4.69, 9.17) is 33.0 Å². The lowest BCUT2D eigenvalue weighted by atomic mass is 9.78. The summed E-state index contributed by atoms with van der Waals surface area (Å²) < 4.78 is 45.4. The molecule has 0 aromatic heterocycles. The van der Waals surface area contributed by atoms with Gasteiger partial charge in [0.25, 0.3) is 0 Å². The van der Waals surface area contributed by atoms with E-state index in [9.17, 15) is 0 Å². The Labute approximate surface area is 256 Å². The molecule has 3 unspecified atom stereocenters. The van der Waals surface area contributed by atoms with Crippen LogP contribution in [-0.2, 0) is 33.0 Å². The van der Waals surface area contributed by atoms with Crippen molar-refractivity contribution in [3.63, 3.8) is 0 Å². The van der Waals surface area contributed by atoms with Crippen LogP contribution in [0.5, 0.6) is 0 Å². The lowest BCUT2D eigenvalue weighted by Gasteiger charge is -2.46. The Morgan fingerprint density at radius 1 is 0.643 bits per heavy atom. The predicted octanol–water partition coefficient (Wildman–Crippen LogP) is 6.80. The lowest BCUT2D eigenvalue weighted by molar-refractivity contribution is -0.268. The fourth-order valence-corrected chi connectivity index (χ4v) is 5.25. The van der Waals surface area contributed by atoms with Crippen LogP contribution in [0.25, 0.3) is 0 Å². The molecule has 1 aromatic carbocycles. The maximum atomic E-state index is 6.89. The third kappa shape index (κ3) is 9.50. The number of rotatable bonds is 19. The van der Waals surface area contributed by atoms with Gasteiger partial charge in [0.1, 0.15) is 30.5 Å². The molecule has 3 rings (SSSR count). The standard InChI is InChI=1S/C34H59BO7/c1-9-13-21-36-25-28-30(37-22-14-10-2)32(39-24-16-12-4)31(38-23-15-11-3)29(40-28)26-17-19-27(20-18-26)35-41-33(5,6)34(7,8)42-35/h17-20,28-32H,9-16,21-25H2,1-8H3/t28?,29-,30+,31?,32?/m0/s1. The number of benzene rings is 1. The van der Waals surface area contributed by atoms with E-state index in [0.29, 0.717) is 33.0 Å². The van der Waals surface area contributed by atoms with Crippen LogP contribution in [0.3, 0.4) is 0 Å². The third-order valence-electron chi connectivity index (χ3n) is 8.77. The van der Waals surface area contributed by atoms with Gasteiger partial charge in [-0.15, -0.1) is 0 Å². The summed E-state index contributed by atoms with van der Waals surface area (Å²) in [6.45, 7) is 20.2. The summed E-state index contributed by atoms with van der Waals surface area (Å²) in [4.78, 5) is 0. The van der Waals surface area contributed by atoms with E-state index in [1.807, 2.05) is 0 Å². The SMILES string of the molecule is CCCCOCC1O[C@@H](c2ccc(B3OC(C)(C)C(C)(C)O3)cc2)C(OCCCC)C(OCCCC)[C@@H]1OCCCC. The second-order valence-corrected chi connectivity index (χ2v) is 12.8. The third-order valence-corrected chi connectivity index (χ3v) is 8.77. The van der Waals surface area contributed by atoms with Crippen LogP contribution in [0, 0.1) is 0 Å². The summed E-state index contributed by atoms with van der Waals surface area (Å²) in [5.41, 5.74) is 1.27. The minimum Gasteiger partial charge on any atom is -0.399 e. The van der Waals surface area contributed by atoms with Crippen molar-refractivity contribution in [1.29, 1.82) is 0 Å².